The Balaban J connectivity index is 1.33. The summed E-state index contributed by atoms with van der Waals surface area (Å²) in [6, 6.07) is 3.08. The van der Waals surface area contributed by atoms with Crippen molar-refractivity contribution in [3.8, 4) is 17.0 Å². The topological polar surface area (TPSA) is 103 Å². The van der Waals surface area contributed by atoms with Gasteiger partial charge in [-0.2, -0.15) is 5.10 Å². The van der Waals surface area contributed by atoms with Crippen molar-refractivity contribution in [3.05, 3.63) is 58.8 Å². The van der Waals surface area contributed by atoms with Crippen LogP contribution in [-0.2, 0) is 4.74 Å². The summed E-state index contributed by atoms with van der Waals surface area (Å²) in [5, 5.41) is 23.3. The smallest absolute Gasteiger partial charge is 0.166 e. The maximum Gasteiger partial charge on any atom is 0.166 e. The van der Waals surface area contributed by atoms with E-state index in [2.05, 4.69) is 25.3 Å². The average molecular weight is 518 g/mol. The Bertz CT molecular complexity index is 1430. The molecule has 0 spiro atoms. The van der Waals surface area contributed by atoms with Gasteiger partial charge in [0.2, 0.25) is 0 Å². The second-order valence-corrected chi connectivity index (χ2v) is 9.36. The van der Waals surface area contributed by atoms with Gasteiger partial charge in [-0.15, -0.1) is 5.10 Å². The van der Waals surface area contributed by atoms with Crippen LogP contribution in [0.1, 0.15) is 23.5 Å². The maximum atomic E-state index is 14.4. The molecule has 4 aromatic heterocycles. The molecule has 0 aromatic carbocycles. The normalized spacial score (nSPS) is 17.8. The van der Waals surface area contributed by atoms with Crippen molar-refractivity contribution in [2.75, 3.05) is 32.9 Å². The monoisotopic (exact) mass is 517 g/mol. The minimum Gasteiger partial charge on any atom is -0.479 e. The van der Waals surface area contributed by atoms with Crippen molar-refractivity contribution in [2.45, 2.75) is 25.1 Å². The van der Waals surface area contributed by atoms with Crippen LogP contribution in [0.3, 0.4) is 0 Å². The van der Waals surface area contributed by atoms with E-state index >= 15 is 0 Å². The molecule has 0 saturated carbocycles. The molecule has 6 rings (SSSR count). The molecule has 2 aliphatic rings. The number of ether oxygens (including phenoxy) is 2. The number of likely N-dealkylation sites (tertiary alicyclic amines) is 1. The number of rotatable bonds is 7. The van der Waals surface area contributed by atoms with Gasteiger partial charge in [0.1, 0.15) is 28.5 Å². The Morgan fingerprint density at radius 1 is 1.22 bits per heavy atom. The number of aliphatic hydroxyl groups excluding tert-OH is 1. The van der Waals surface area contributed by atoms with E-state index in [9.17, 15) is 13.9 Å². The third-order valence-corrected chi connectivity index (χ3v) is 6.96. The largest absolute Gasteiger partial charge is 0.479 e. The van der Waals surface area contributed by atoms with Crippen molar-refractivity contribution in [1.82, 2.24) is 34.5 Å². The van der Waals surface area contributed by atoms with Gasteiger partial charge in [0.25, 0.3) is 0 Å². The van der Waals surface area contributed by atoms with Gasteiger partial charge in [0.15, 0.2) is 11.9 Å². The summed E-state index contributed by atoms with van der Waals surface area (Å²) in [5.74, 6) is -1.53. The van der Waals surface area contributed by atoms with Crippen molar-refractivity contribution >= 4 is 17.1 Å². The molecule has 6 heterocycles. The molecule has 1 atom stereocenters. The fraction of sp³-hybridized carbons (Fsp3) is 0.391. The lowest BCUT2D eigenvalue weighted by atomic mass is 10.0. The predicted molar refractivity (Wildman–Crippen MR) is 124 cm³/mol. The second kappa shape index (κ2) is 9.04. The first-order chi connectivity index (χ1) is 17.4. The number of aromatic nitrogens is 6. The summed E-state index contributed by atoms with van der Waals surface area (Å²) in [7, 11) is 0. The van der Waals surface area contributed by atoms with E-state index in [1.165, 1.54) is 10.7 Å². The molecule has 13 heteroatoms. The van der Waals surface area contributed by atoms with Crippen LogP contribution < -0.4 is 4.74 Å². The number of pyridine rings is 2. The van der Waals surface area contributed by atoms with Gasteiger partial charge in [-0.1, -0.05) is 16.8 Å². The molecule has 2 aliphatic heterocycles. The molecule has 188 valence electrons. The van der Waals surface area contributed by atoms with Crippen LogP contribution in [0.5, 0.6) is 5.75 Å². The van der Waals surface area contributed by atoms with E-state index in [0.717, 1.165) is 38.2 Å². The van der Waals surface area contributed by atoms with Gasteiger partial charge in [0.05, 0.1) is 55.0 Å². The average Bonchev–Trinajstić information content (AvgIpc) is 3.35. The predicted octanol–water partition coefficient (Wildman–Crippen LogP) is 2.60. The van der Waals surface area contributed by atoms with E-state index in [-0.39, 0.29) is 17.5 Å². The Kier molecular flexibility index (Phi) is 5.83. The number of fused-ring (bicyclic) bond motifs is 1. The van der Waals surface area contributed by atoms with Gasteiger partial charge in [0, 0.05) is 30.9 Å². The summed E-state index contributed by atoms with van der Waals surface area (Å²) in [5.41, 5.74) is 2.34. The third kappa shape index (κ3) is 3.90. The number of hydrogen-bond acceptors (Lipinski definition) is 8. The standard InChI is InChI=1S/C23H22ClF2N7O3/c1-12-21(29-30-33(12)15-7-31(8-15)16-10-35-11-16)13-2-19(23-17(24)5-28-32(23)6-13)36-20(9-34)22-18(26)3-14(25)4-27-22/h2-6,15-16,20,34H,7-11H2,1H3/t20-/m1/s1. The molecule has 0 amide bonds. The first-order valence-electron chi connectivity index (χ1n) is 11.4. The minimum atomic E-state index is -1.20. The van der Waals surface area contributed by atoms with Crippen LogP contribution in [0.2, 0.25) is 5.02 Å². The van der Waals surface area contributed by atoms with E-state index in [1.807, 2.05) is 11.6 Å². The van der Waals surface area contributed by atoms with Gasteiger partial charge < -0.3 is 14.6 Å². The Morgan fingerprint density at radius 3 is 2.72 bits per heavy atom. The first kappa shape index (κ1) is 23.2. The molecule has 4 aromatic rings. The molecule has 10 nitrogen and oxygen atoms in total. The summed E-state index contributed by atoms with van der Waals surface area (Å²) in [4.78, 5) is 6.14. The molecule has 0 unspecified atom stereocenters. The fourth-order valence-corrected chi connectivity index (χ4v) is 4.82. The molecule has 36 heavy (non-hydrogen) atoms. The first-order valence-corrected chi connectivity index (χ1v) is 11.8. The van der Waals surface area contributed by atoms with Gasteiger partial charge in [-0.25, -0.2) is 18.0 Å². The van der Waals surface area contributed by atoms with Crippen molar-refractivity contribution in [1.29, 1.82) is 0 Å². The van der Waals surface area contributed by atoms with Crippen LogP contribution in [0.25, 0.3) is 16.8 Å². The fourth-order valence-electron chi connectivity index (χ4n) is 4.59. The van der Waals surface area contributed by atoms with E-state index < -0.39 is 24.3 Å². The Morgan fingerprint density at radius 2 is 2.03 bits per heavy atom. The second-order valence-electron chi connectivity index (χ2n) is 8.96. The van der Waals surface area contributed by atoms with E-state index in [4.69, 9.17) is 21.1 Å². The molecule has 2 saturated heterocycles. The zero-order valence-electron chi connectivity index (χ0n) is 19.2. The minimum absolute atomic E-state index is 0.219. The highest BCUT2D eigenvalue weighted by molar-refractivity contribution is 6.34. The van der Waals surface area contributed by atoms with Gasteiger partial charge in [-0.05, 0) is 13.0 Å². The van der Waals surface area contributed by atoms with Crippen molar-refractivity contribution in [3.63, 3.8) is 0 Å². The quantitative estimate of drug-likeness (QED) is 0.399. The number of aliphatic hydroxyl groups is 1. The van der Waals surface area contributed by atoms with Crippen molar-refractivity contribution in [2.24, 2.45) is 0 Å². The van der Waals surface area contributed by atoms with E-state index in [1.54, 1.807) is 12.3 Å². The number of hydrogen-bond donors (Lipinski definition) is 1. The van der Waals surface area contributed by atoms with E-state index in [0.29, 0.717) is 33.9 Å². The molecular weight excluding hydrogens is 496 g/mol. The Hall–Kier alpha value is -3.19. The van der Waals surface area contributed by atoms with Gasteiger partial charge in [-0.3, -0.25) is 9.88 Å². The summed E-state index contributed by atoms with van der Waals surface area (Å²) >= 11 is 6.35. The molecule has 2 fully saturated rings. The molecular formula is C23H22ClF2N7O3. The lowest BCUT2D eigenvalue weighted by Crippen LogP contribution is -2.59. The summed E-state index contributed by atoms with van der Waals surface area (Å²) in [6.45, 7) is 4.66. The zero-order chi connectivity index (χ0) is 25.0. The van der Waals surface area contributed by atoms with Crippen LogP contribution in [0.4, 0.5) is 8.78 Å². The SMILES string of the molecule is Cc1c(-c2cc(O[C@H](CO)c3ncc(F)cc3F)c3c(Cl)cnn3c2)nnn1C1CN(C2COC2)C1. The maximum absolute atomic E-state index is 14.4. The lowest BCUT2D eigenvalue weighted by molar-refractivity contribution is -0.100. The summed E-state index contributed by atoms with van der Waals surface area (Å²) in [6.07, 6.45) is 2.86. The van der Waals surface area contributed by atoms with Crippen LogP contribution >= 0.6 is 11.6 Å². The van der Waals surface area contributed by atoms with Crippen LogP contribution in [0, 0.1) is 18.6 Å². The van der Waals surface area contributed by atoms with Crippen LogP contribution in [-0.4, -0.2) is 78.6 Å². The third-order valence-electron chi connectivity index (χ3n) is 6.68. The highest BCUT2D eigenvalue weighted by Gasteiger charge is 2.38. The highest BCUT2D eigenvalue weighted by atomic mass is 35.5. The number of nitrogens with zero attached hydrogens (tertiary/aromatic N) is 7. The molecule has 0 aliphatic carbocycles. The highest BCUT2D eigenvalue weighted by Crippen LogP contribution is 2.36. The zero-order valence-corrected chi connectivity index (χ0v) is 19.9. The summed E-state index contributed by atoms with van der Waals surface area (Å²) < 4.78 is 42.4. The number of halogens is 3. The molecule has 0 radical (unpaired) electrons. The van der Waals surface area contributed by atoms with Crippen molar-refractivity contribution < 1.29 is 23.4 Å². The van der Waals surface area contributed by atoms with Crippen LogP contribution in [0.15, 0.2) is 30.7 Å². The molecule has 1 N–H and O–H groups in total. The molecule has 0 bridgehead atoms. The Labute approximate surface area is 209 Å². The van der Waals surface area contributed by atoms with Gasteiger partial charge >= 0.3 is 0 Å². The lowest BCUT2D eigenvalue weighted by Gasteiger charge is -2.47.